The van der Waals surface area contributed by atoms with E-state index in [0.717, 1.165) is 19.3 Å². The summed E-state index contributed by atoms with van der Waals surface area (Å²) in [7, 11) is -36.1. The third-order valence-electron chi connectivity index (χ3n) is 5.60. The first-order valence-electron chi connectivity index (χ1n) is 14.0. The number of nitrogens with two attached hydrogens (primary N) is 1. The average Bonchev–Trinajstić information content (AvgIpc) is 3.19. The number of ether oxygens (including phenoxy) is 1. The van der Waals surface area contributed by atoms with Gasteiger partial charge in [0.15, 0.2) is 0 Å². The number of aliphatic hydroxyl groups excluding tert-OH is 1. The molecule has 1 heterocycles. The van der Waals surface area contributed by atoms with Gasteiger partial charge in [0.25, 0.3) is 0 Å². The van der Waals surface area contributed by atoms with Gasteiger partial charge >= 0.3 is 46.9 Å². The Balaban J connectivity index is 2.48. The molecule has 24 nitrogen and oxygen atoms in total. The molecule has 0 spiro atoms. The second-order valence-electron chi connectivity index (χ2n) is 10.0. The number of carbonyl (C=O) groups excluding carboxylic acids is 1. The van der Waals surface area contributed by atoms with Crippen molar-refractivity contribution in [2.24, 2.45) is 5.73 Å². The molecule has 0 radical (unpaired) electrons. The summed E-state index contributed by atoms with van der Waals surface area (Å²) in [5.74, 6) is -0.110. The molecule has 48 heavy (non-hydrogen) atoms. The molecule has 1 aliphatic rings. The smallest absolute Gasteiger partial charge is 0.390 e. The van der Waals surface area contributed by atoms with Crippen LogP contribution in [0.4, 0.5) is 0 Å². The van der Waals surface area contributed by atoms with E-state index >= 15 is 0 Å². The Morgan fingerprint density at radius 1 is 0.708 bits per heavy atom. The van der Waals surface area contributed by atoms with Gasteiger partial charge in [-0.05, 0) is 39.2 Å². The Morgan fingerprint density at radius 2 is 1.17 bits per heavy atom. The molecule has 10 N–H and O–H groups in total. The Morgan fingerprint density at radius 3 is 1.65 bits per heavy atom. The normalized spacial score (nSPS) is 25.9. The molecule has 1 aliphatic heterocycles. The van der Waals surface area contributed by atoms with Crippen LogP contribution in [0.15, 0.2) is 0 Å². The van der Waals surface area contributed by atoms with Crippen LogP contribution in [-0.2, 0) is 67.5 Å². The second-order valence-corrected chi connectivity index (χ2v) is 19.4. The van der Waals surface area contributed by atoms with Gasteiger partial charge in [-0.15, -0.1) is 0 Å². The largest absolute Gasteiger partial charge is 0.490 e. The monoisotopic (exact) mass is 824 g/mol. The number of hydrogen-bond acceptors (Lipinski definition) is 17. The average molecular weight is 824 g/mol. The van der Waals surface area contributed by atoms with Crippen LogP contribution in [0.2, 0.25) is 0 Å². The van der Waals surface area contributed by atoms with E-state index < -0.39 is 78.5 Å². The first-order valence-corrected chi connectivity index (χ1v) is 23.0. The zero-order chi connectivity index (χ0) is 36.9. The third kappa shape index (κ3) is 21.5. The lowest BCUT2D eigenvalue weighted by atomic mass is 10.1. The van der Waals surface area contributed by atoms with Crippen molar-refractivity contribution in [2.45, 2.75) is 83.0 Å². The second kappa shape index (κ2) is 20.5. The van der Waals surface area contributed by atoms with Crippen molar-refractivity contribution < 1.29 is 102 Å². The molecular weight excluding hydrogens is 782 g/mol. The van der Waals surface area contributed by atoms with E-state index in [9.17, 15) is 66.7 Å². The number of aliphatic hydroxyl groups is 1. The lowest BCUT2D eigenvalue weighted by Crippen LogP contribution is -2.26. The van der Waals surface area contributed by atoms with Crippen LogP contribution in [0.5, 0.6) is 0 Å². The highest BCUT2D eigenvalue weighted by Gasteiger charge is 2.49. The summed E-state index contributed by atoms with van der Waals surface area (Å²) in [4.78, 5) is 69.1. The number of phosphoric ester groups is 2. The maximum Gasteiger partial charge on any atom is 0.490 e. The lowest BCUT2D eigenvalue weighted by Gasteiger charge is -2.21. The Bertz CT molecular complexity index is 1320. The molecule has 0 aliphatic carbocycles. The van der Waals surface area contributed by atoms with E-state index in [0.29, 0.717) is 38.8 Å². The van der Waals surface area contributed by atoms with E-state index in [1.807, 2.05) is 0 Å². The standard InChI is InChI=1S/C18H42N2O22P6/c1-15-13-16(21)17(37-15)14-36-44(25,26)39-46(29,30)41-48(33,34)42-47(31,32)40-45(27,28)38-43(23,24)35-12-8-3-2-7-11-20-18(22)9-5-4-6-10-19/h15-17,21H,2-14,19H2,1H3,(H,20,22)(H,23,24)(H,25,26)(H,27,28)(H,29,30)(H,31,32)(H,33,34). The number of rotatable bonds is 26. The highest BCUT2D eigenvalue weighted by molar-refractivity contribution is 7.72. The van der Waals surface area contributed by atoms with Crippen molar-refractivity contribution in [1.29, 1.82) is 0 Å². The summed E-state index contributed by atoms with van der Waals surface area (Å²) in [6.45, 7) is 1.11. The van der Waals surface area contributed by atoms with Gasteiger partial charge in [-0.3, -0.25) is 13.8 Å². The summed E-state index contributed by atoms with van der Waals surface area (Å²) in [6.07, 6.45) is 1.76. The van der Waals surface area contributed by atoms with Gasteiger partial charge in [-0.1, -0.05) is 19.3 Å². The number of unbranched alkanes of at least 4 members (excludes halogenated alkanes) is 5. The van der Waals surface area contributed by atoms with Gasteiger partial charge in [0, 0.05) is 19.4 Å². The number of hydrogen-bond donors (Lipinski definition) is 9. The molecule has 1 saturated heterocycles. The quantitative estimate of drug-likeness (QED) is 0.0446. The fourth-order valence-corrected chi connectivity index (χ4v) is 11.5. The van der Waals surface area contributed by atoms with Gasteiger partial charge < -0.3 is 50.3 Å². The van der Waals surface area contributed by atoms with Crippen molar-refractivity contribution in [3.05, 3.63) is 0 Å². The number of nitrogens with one attached hydrogen (secondary N) is 1. The van der Waals surface area contributed by atoms with Crippen LogP contribution < -0.4 is 11.1 Å². The predicted octanol–water partition coefficient (Wildman–Crippen LogP) is 2.44. The maximum absolute atomic E-state index is 12.0. The number of phosphoric acid groups is 6. The molecule has 9 unspecified atom stereocenters. The van der Waals surface area contributed by atoms with Gasteiger partial charge in [0.2, 0.25) is 5.91 Å². The van der Waals surface area contributed by atoms with Crippen molar-refractivity contribution in [3.63, 3.8) is 0 Å². The number of carbonyl (C=O) groups is 1. The SMILES string of the molecule is CC1CC(O)C(COP(=O)(O)OP(=O)(O)OP(=O)(O)OP(=O)(O)OP(=O)(O)OP(=O)(O)OCCCCCCNC(=O)CCCCCN)O1. The molecule has 9 atom stereocenters. The van der Waals surface area contributed by atoms with E-state index in [4.69, 9.17) is 10.5 Å². The van der Waals surface area contributed by atoms with Crippen molar-refractivity contribution >= 4 is 52.8 Å². The van der Waals surface area contributed by atoms with Gasteiger partial charge in [0.05, 0.1) is 25.4 Å². The maximum atomic E-state index is 12.0. The first kappa shape index (κ1) is 46.2. The van der Waals surface area contributed by atoms with Crippen LogP contribution in [0.3, 0.4) is 0 Å². The first-order chi connectivity index (χ1) is 21.9. The van der Waals surface area contributed by atoms with Crippen LogP contribution in [0, 0.1) is 0 Å². The van der Waals surface area contributed by atoms with Gasteiger partial charge in [-0.2, -0.15) is 21.6 Å². The molecule has 0 bridgehead atoms. The van der Waals surface area contributed by atoms with Gasteiger partial charge in [-0.25, -0.2) is 27.4 Å². The third-order valence-corrected chi connectivity index (χ3v) is 14.8. The van der Waals surface area contributed by atoms with E-state index in [-0.39, 0.29) is 18.7 Å². The molecule has 1 amide bonds. The van der Waals surface area contributed by atoms with E-state index in [1.165, 1.54) is 0 Å². The van der Waals surface area contributed by atoms with Crippen LogP contribution >= 0.6 is 46.9 Å². The Labute approximate surface area is 275 Å². The lowest BCUT2D eigenvalue weighted by molar-refractivity contribution is -0.121. The molecule has 30 heteroatoms. The van der Waals surface area contributed by atoms with Gasteiger partial charge in [0.1, 0.15) is 6.10 Å². The summed E-state index contributed by atoms with van der Waals surface area (Å²) >= 11 is 0. The Kier molecular flexibility index (Phi) is 19.7. The summed E-state index contributed by atoms with van der Waals surface area (Å²) in [6, 6.07) is 0. The summed E-state index contributed by atoms with van der Waals surface area (Å²) in [5, 5.41) is 12.5. The minimum absolute atomic E-state index is 0.110. The fourth-order valence-electron chi connectivity index (χ4n) is 3.70. The van der Waals surface area contributed by atoms with Crippen molar-refractivity contribution in [2.75, 3.05) is 26.3 Å². The minimum atomic E-state index is -6.37. The van der Waals surface area contributed by atoms with Crippen LogP contribution in [0.25, 0.3) is 0 Å². The predicted molar refractivity (Wildman–Crippen MR) is 160 cm³/mol. The molecule has 0 aromatic carbocycles. The molecule has 0 aromatic heterocycles. The summed E-state index contributed by atoms with van der Waals surface area (Å²) < 4.78 is 104. The van der Waals surface area contributed by atoms with E-state index in [2.05, 4.69) is 35.9 Å². The molecule has 0 saturated carbocycles. The molecule has 0 aromatic rings. The fraction of sp³-hybridized carbons (Fsp3) is 0.944. The van der Waals surface area contributed by atoms with E-state index in [1.54, 1.807) is 6.92 Å². The highest BCUT2D eigenvalue weighted by Crippen LogP contribution is 2.75. The molecular formula is C18H42N2O22P6. The Hall–Kier alpha value is 0.210. The summed E-state index contributed by atoms with van der Waals surface area (Å²) in [5.41, 5.74) is 5.38. The molecule has 286 valence electrons. The topological polar surface area (TPSA) is 373 Å². The van der Waals surface area contributed by atoms with Crippen molar-refractivity contribution in [3.8, 4) is 0 Å². The highest BCUT2D eigenvalue weighted by atomic mass is 31.3. The number of amides is 1. The zero-order valence-electron chi connectivity index (χ0n) is 25.4. The van der Waals surface area contributed by atoms with Crippen LogP contribution in [-0.4, -0.2) is 85.0 Å². The molecule has 1 rings (SSSR count). The van der Waals surface area contributed by atoms with Crippen LogP contribution in [0.1, 0.15) is 64.7 Å². The molecule has 1 fully saturated rings. The van der Waals surface area contributed by atoms with Crippen molar-refractivity contribution in [1.82, 2.24) is 5.32 Å². The zero-order valence-corrected chi connectivity index (χ0v) is 30.8. The minimum Gasteiger partial charge on any atom is -0.390 e.